The van der Waals surface area contributed by atoms with Crippen molar-refractivity contribution in [3.63, 3.8) is 0 Å². The maximum Gasteiger partial charge on any atom is 0.257 e. The van der Waals surface area contributed by atoms with Crippen LogP contribution in [0, 0.1) is 0 Å². The molecule has 1 amide bonds. The van der Waals surface area contributed by atoms with Crippen LogP contribution in [0.5, 0.6) is 0 Å². The molecule has 1 unspecified atom stereocenters. The van der Waals surface area contributed by atoms with E-state index in [1.807, 2.05) is 0 Å². The molecule has 0 bridgehead atoms. The summed E-state index contributed by atoms with van der Waals surface area (Å²) in [5, 5.41) is 15.0. The Hall–Kier alpha value is 1.13. The van der Waals surface area contributed by atoms with Crippen molar-refractivity contribution in [2.24, 2.45) is 0 Å². The molecule has 1 aromatic rings. The summed E-state index contributed by atoms with van der Waals surface area (Å²) in [6.07, 6.45) is 2.83. The molecule has 1 rings (SSSR count). The number of aliphatic hydroxyl groups is 1. The van der Waals surface area contributed by atoms with Crippen LogP contribution in [-0.4, -0.2) is 56.9 Å². The molecule has 0 aromatic carbocycles. The summed E-state index contributed by atoms with van der Waals surface area (Å²) in [5.41, 5.74) is 2.59. The van der Waals surface area contributed by atoms with Gasteiger partial charge in [0.1, 0.15) is 0 Å². The zero-order valence-electron chi connectivity index (χ0n) is 12.9. The number of carbonyl (C=O) groups is 1. The lowest BCUT2D eigenvalue weighted by Crippen LogP contribution is -2.35. The van der Waals surface area contributed by atoms with E-state index in [2.05, 4.69) is 63.7 Å². The number of carbonyl (C=O) groups excluding carboxylic acids is 1. The van der Waals surface area contributed by atoms with Crippen molar-refractivity contribution in [3.05, 3.63) is 21.7 Å². The van der Waals surface area contributed by atoms with Crippen molar-refractivity contribution in [1.29, 1.82) is 0 Å². The standard InChI is InChI=1S/C15H22Br4NO2P/c16-4-1-11-12(2-5-17)14(23-13(11)3-6-18)15(22)20(8-7-19)9-10-21/h21,23H,1-10H2. The molecule has 0 fully saturated rings. The fraction of sp³-hybridized carbons (Fsp3) is 0.667. The van der Waals surface area contributed by atoms with Crippen LogP contribution in [0.25, 0.3) is 0 Å². The number of halogens is 4. The van der Waals surface area contributed by atoms with E-state index >= 15 is 0 Å². The highest BCUT2D eigenvalue weighted by atomic mass is 79.9. The number of hydrogen-bond donors (Lipinski definition) is 1. The number of rotatable bonds is 11. The van der Waals surface area contributed by atoms with Gasteiger partial charge in [0.15, 0.2) is 0 Å². The summed E-state index contributed by atoms with van der Waals surface area (Å²) in [6.45, 7) is 1.01. The fourth-order valence-electron chi connectivity index (χ4n) is 2.59. The quantitative estimate of drug-likeness (QED) is 0.385. The smallest absolute Gasteiger partial charge is 0.257 e. The first-order valence-corrected chi connectivity index (χ1v) is 13.0. The lowest BCUT2D eigenvalue weighted by molar-refractivity contribution is 0.0738. The number of aryl methyl sites for hydroxylation is 1. The lowest BCUT2D eigenvalue weighted by atomic mass is 10.0. The first-order valence-electron chi connectivity index (χ1n) is 7.51. The SMILES string of the molecule is O=C(c1[pH]c(CCBr)c(CCBr)c1CCBr)N(CCO)CCBr. The van der Waals surface area contributed by atoms with Gasteiger partial charge in [0.25, 0.3) is 5.91 Å². The maximum atomic E-state index is 13.0. The first-order chi connectivity index (χ1) is 11.1. The predicted octanol–water partition coefficient (Wildman–Crippen LogP) is 4.36. The minimum Gasteiger partial charge on any atom is -0.395 e. The van der Waals surface area contributed by atoms with Crippen molar-refractivity contribution in [2.75, 3.05) is 41.0 Å². The minimum atomic E-state index is -0.00114. The summed E-state index contributed by atoms with van der Waals surface area (Å²) in [4.78, 5) is 14.7. The number of amides is 1. The van der Waals surface area contributed by atoms with Crippen LogP contribution in [0.15, 0.2) is 0 Å². The van der Waals surface area contributed by atoms with Gasteiger partial charge in [0.05, 0.1) is 11.9 Å². The van der Waals surface area contributed by atoms with Crippen LogP contribution < -0.4 is 0 Å². The van der Waals surface area contributed by atoms with Crippen molar-refractivity contribution < 1.29 is 9.90 Å². The minimum absolute atomic E-state index is 0.00114. The van der Waals surface area contributed by atoms with Gasteiger partial charge in [-0.3, -0.25) is 4.79 Å². The van der Waals surface area contributed by atoms with Crippen molar-refractivity contribution >= 4 is 77.8 Å². The van der Waals surface area contributed by atoms with Gasteiger partial charge in [-0.15, -0.1) is 8.19 Å². The van der Waals surface area contributed by atoms with E-state index in [1.165, 1.54) is 16.4 Å². The van der Waals surface area contributed by atoms with E-state index in [0.29, 0.717) is 21.3 Å². The zero-order valence-corrected chi connectivity index (χ0v) is 20.2. The molecule has 0 aliphatic heterocycles. The molecule has 0 saturated heterocycles. The molecule has 1 aromatic heterocycles. The summed E-state index contributed by atoms with van der Waals surface area (Å²) in [6, 6.07) is 0. The molecule has 8 heteroatoms. The third kappa shape index (κ3) is 6.41. The topological polar surface area (TPSA) is 40.5 Å². The number of alkyl halides is 4. The summed E-state index contributed by atoms with van der Waals surface area (Å²) in [7, 11) is 0.459. The molecule has 3 nitrogen and oxygen atoms in total. The molecule has 0 radical (unpaired) electrons. The normalized spacial score (nSPS) is 11.3. The van der Waals surface area contributed by atoms with E-state index in [9.17, 15) is 9.90 Å². The number of nitrogens with zero attached hydrogens (tertiary/aromatic N) is 1. The van der Waals surface area contributed by atoms with Gasteiger partial charge < -0.3 is 10.0 Å². The van der Waals surface area contributed by atoms with Gasteiger partial charge in [0, 0.05) is 34.4 Å². The third-order valence-corrected chi connectivity index (χ3v) is 6.73. The van der Waals surface area contributed by atoms with Crippen LogP contribution in [-0.2, 0) is 19.3 Å². The molecule has 1 atom stereocenters. The zero-order chi connectivity index (χ0) is 17.2. The average Bonchev–Trinajstić information content (AvgIpc) is 2.86. The van der Waals surface area contributed by atoms with Gasteiger partial charge in [-0.2, -0.15) is 0 Å². The maximum absolute atomic E-state index is 13.0. The first kappa shape index (κ1) is 22.2. The molecular weight excluding hydrogens is 577 g/mol. The van der Waals surface area contributed by atoms with Gasteiger partial charge in [0.2, 0.25) is 0 Å². The van der Waals surface area contributed by atoms with Crippen LogP contribution >= 0.6 is 71.9 Å². The molecule has 0 aliphatic carbocycles. The summed E-state index contributed by atoms with van der Waals surface area (Å²) in [5.74, 6) is 0.0874. The van der Waals surface area contributed by atoms with Crippen LogP contribution in [0.3, 0.4) is 0 Å². The molecule has 0 saturated carbocycles. The Morgan fingerprint density at radius 1 is 0.913 bits per heavy atom. The molecule has 23 heavy (non-hydrogen) atoms. The Labute approximate surface area is 173 Å². The highest BCUT2D eigenvalue weighted by molar-refractivity contribution is 9.09. The highest BCUT2D eigenvalue weighted by Gasteiger charge is 2.24. The Bertz CT molecular complexity index is 490. The highest BCUT2D eigenvalue weighted by Crippen LogP contribution is 2.36. The van der Waals surface area contributed by atoms with Gasteiger partial charge in [-0.05, 0) is 35.7 Å². The van der Waals surface area contributed by atoms with Crippen LogP contribution in [0.1, 0.15) is 26.5 Å². The second kappa shape index (κ2) is 12.5. The van der Waals surface area contributed by atoms with Crippen molar-refractivity contribution in [3.8, 4) is 0 Å². The Morgan fingerprint density at radius 2 is 1.52 bits per heavy atom. The van der Waals surface area contributed by atoms with E-state index in [-0.39, 0.29) is 12.5 Å². The number of hydrogen-bond acceptors (Lipinski definition) is 2. The van der Waals surface area contributed by atoms with Gasteiger partial charge in [-0.25, -0.2) is 0 Å². The molecule has 1 N–H and O–H groups in total. The predicted molar refractivity (Wildman–Crippen MR) is 115 cm³/mol. The van der Waals surface area contributed by atoms with Crippen molar-refractivity contribution in [2.45, 2.75) is 19.3 Å². The van der Waals surface area contributed by atoms with Crippen molar-refractivity contribution in [1.82, 2.24) is 4.90 Å². The second-order valence-corrected chi connectivity index (χ2v) is 9.48. The molecular formula is C15H22Br4NO2P. The molecule has 132 valence electrons. The Balaban J connectivity index is 3.25. The number of aliphatic hydroxyl groups excluding tert-OH is 1. The van der Waals surface area contributed by atoms with Gasteiger partial charge in [-0.1, -0.05) is 63.7 Å². The van der Waals surface area contributed by atoms with Gasteiger partial charge >= 0.3 is 0 Å². The second-order valence-electron chi connectivity index (χ2n) is 4.96. The Kier molecular flexibility index (Phi) is 12.0. The summed E-state index contributed by atoms with van der Waals surface area (Å²) >= 11 is 14.0. The molecule has 1 heterocycles. The largest absolute Gasteiger partial charge is 0.395 e. The van der Waals surface area contributed by atoms with E-state index in [1.54, 1.807) is 4.90 Å². The van der Waals surface area contributed by atoms with E-state index in [0.717, 1.165) is 45.9 Å². The average molecular weight is 599 g/mol. The molecule has 0 aliphatic rings. The van der Waals surface area contributed by atoms with E-state index in [4.69, 9.17) is 0 Å². The third-order valence-electron chi connectivity index (χ3n) is 3.57. The van der Waals surface area contributed by atoms with Crippen LogP contribution in [0.4, 0.5) is 0 Å². The fourth-order valence-corrected chi connectivity index (χ4v) is 6.24. The molecule has 0 spiro atoms. The Morgan fingerprint density at radius 3 is 2.04 bits per heavy atom. The summed E-state index contributed by atoms with van der Waals surface area (Å²) < 4.78 is 0. The van der Waals surface area contributed by atoms with Crippen LogP contribution in [0.2, 0.25) is 0 Å². The van der Waals surface area contributed by atoms with E-state index < -0.39 is 0 Å². The lowest BCUT2D eigenvalue weighted by Gasteiger charge is -2.21. The monoisotopic (exact) mass is 595 g/mol.